The van der Waals surface area contributed by atoms with Crippen molar-refractivity contribution in [1.82, 2.24) is 4.98 Å². The van der Waals surface area contributed by atoms with E-state index >= 15 is 0 Å². The van der Waals surface area contributed by atoms with Crippen LogP contribution in [-0.2, 0) is 19.0 Å². The Morgan fingerprint density at radius 2 is 1.55 bits per heavy atom. The van der Waals surface area contributed by atoms with E-state index in [1.54, 1.807) is 0 Å². The molecule has 0 aliphatic heterocycles. The van der Waals surface area contributed by atoms with E-state index in [-0.39, 0.29) is 5.56 Å². The summed E-state index contributed by atoms with van der Waals surface area (Å²) in [6.45, 7) is -0.840. The van der Waals surface area contributed by atoms with Gasteiger partial charge in [-0.1, -0.05) is 18.2 Å². The van der Waals surface area contributed by atoms with Gasteiger partial charge in [-0.05, 0) is 23.3 Å². The van der Waals surface area contributed by atoms with Crippen LogP contribution in [0.4, 0.5) is 26.3 Å². The number of aliphatic hydroxyl groups excluding tert-OH is 1. The van der Waals surface area contributed by atoms with Crippen LogP contribution < -0.4 is 0 Å². The molecule has 118 valence electrons. The Kier molecular flexibility index (Phi) is 4.15. The molecule has 0 aliphatic rings. The molecular weight excluding hydrogens is 312 g/mol. The minimum Gasteiger partial charge on any atom is -0.392 e. The Hall–Kier alpha value is -2.09. The van der Waals surface area contributed by atoms with Gasteiger partial charge >= 0.3 is 12.4 Å². The van der Waals surface area contributed by atoms with Crippen LogP contribution in [0.1, 0.15) is 16.8 Å². The molecule has 22 heavy (non-hydrogen) atoms. The Labute approximate surface area is 121 Å². The van der Waals surface area contributed by atoms with Crippen LogP contribution in [0, 0.1) is 0 Å². The third-order valence-corrected chi connectivity index (χ3v) is 2.98. The van der Waals surface area contributed by atoms with E-state index in [1.807, 2.05) is 0 Å². The normalized spacial score (nSPS) is 12.5. The summed E-state index contributed by atoms with van der Waals surface area (Å²) in [5.41, 5.74) is -4.39. The summed E-state index contributed by atoms with van der Waals surface area (Å²) < 4.78 is 78.3. The highest BCUT2D eigenvalue weighted by atomic mass is 19.4. The van der Waals surface area contributed by atoms with Gasteiger partial charge < -0.3 is 5.11 Å². The lowest BCUT2D eigenvalue weighted by atomic mass is 9.94. The maximum atomic E-state index is 13.1. The highest BCUT2D eigenvalue weighted by Crippen LogP contribution is 2.42. The molecule has 0 bridgehead atoms. The lowest BCUT2D eigenvalue weighted by Gasteiger charge is -2.18. The second-order valence-electron chi connectivity index (χ2n) is 4.39. The van der Waals surface area contributed by atoms with E-state index in [4.69, 9.17) is 0 Å². The molecule has 0 saturated heterocycles. The predicted octanol–water partition coefficient (Wildman–Crippen LogP) is 4.28. The summed E-state index contributed by atoms with van der Waals surface area (Å²) >= 11 is 0. The van der Waals surface area contributed by atoms with Gasteiger partial charge in [0.05, 0.1) is 12.2 Å². The SMILES string of the molecule is OCc1ccnc(C(F)(F)F)c1-c1ccccc1C(F)(F)F. The van der Waals surface area contributed by atoms with Gasteiger partial charge in [0.2, 0.25) is 0 Å². The van der Waals surface area contributed by atoms with Gasteiger partial charge in [0.1, 0.15) is 0 Å². The molecule has 0 saturated carbocycles. The van der Waals surface area contributed by atoms with Gasteiger partial charge in [-0.3, -0.25) is 4.98 Å². The molecule has 0 aliphatic carbocycles. The summed E-state index contributed by atoms with van der Waals surface area (Å²) in [5, 5.41) is 9.19. The molecule has 0 unspecified atom stereocenters. The van der Waals surface area contributed by atoms with E-state index < -0.39 is 41.3 Å². The van der Waals surface area contributed by atoms with E-state index in [9.17, 15) is 31.4 Å². The second-order valence-corrected chi connectivity index (χ2v) is 4.39. The average molecular weight is 321 g/mol. The second kappa shape index (κ2) is 5.60. The van der Waals surface area contributed by atoms with Gasteiger partial charge in [-0.15, -0.1) is 0 Å². The van der Waals surface area contributed by atoms with Crippen molar-refractivity contribution in [3.8, 4) is 11.1 Å². The molecular formula is C14H9F6NO. The summed E-state index contributed by atoms with van der Waals surface area (Å²) in [6, 6.07) is 4.93. The third kappa shape index (κ3) is 3.06. The molecule has 0 amide bonds. The number of pyridine rings is 1. The van der Waals surface area contributed by atoms with Gasteiger partial charge in [0, 0.05) is 11.8 Å². The number of aliphatic hydroxyl groups is 1. The van der Waals surface area contributed by atoms with Crippen molar-refractivity contribution in [1.29, 1.82) is 0 Å². The minimum absolute atomic E-state index is 0.279. The first-order valence-corrected chi connectivity index (χ1v) is 5.98. The highest BCUT2D eigenvalue weighted by Gasteiger charge is 2.40. The molecule has 2 nitrogen and oxygen atoms in total. The number of hydrogen-bond acceptors (Lipinski definition) is 2. The van der Waals surface area contributed by atoms with Gasteiger partial charge in [0.15, 0.2) is 5.69 Å². The van der Waals surface area contributed by atoms with E-state index in [2.05, 4.69) is 4.98 Å². The number of benzene rings is 1. The number of nitrogens with zero attached hydrogens (tertiary/aromatic N) is 1. The number of hydrogen-bond donors (Lipinski definition) is 1. The van der Waals surface area contributed by atoms with Crippen LogP contribution >= 0.6 is 0 Å². The number of aromatic nitrogens is 1. The molecule has 2 aromatic rings. The zero-order valence-electron chi connectivity index (χ0n) is 10.8. The Morgan fingerprint density at radius 1 is 0.909 bits per heavy atom. The first-order chi connectivity index (χ1) is 10.2. The van der Waals surface area contributed by atoms with Crippen LogP contribution in [0.2, 0.25) is 0 Å². The molecule has 0 spiro atoms. The minimum atomic E-state index is -4.95. The first kappa shape index (κ1) is 16.3. The monoisotopic (exact) mass is 321 g/mol. The van der Waals surface area contributed by atoms with Crippen molar-refractivity contribution in [3.05, 3.63) is 53.3 Å². The van der Waals surface area contributed by atoms with Crippen LogP contribution in [0.5, 0.6) is 0 Å². The summed E-state index contributed by atoms with van der Waals surface area (Å²) in [6.07, 6.45) is -8.98. The molecule has 2 rings (SSSR count). The Balaban J connectivity index is 2.84. The van der Waals surface area contributed by atoms with Crippen molar-refractivity contribution >= 4 is 0 Å². The van der Waals surface area contributed by atoms with Gasteiger partial charge in [0.25, 0.3) is 0 Å². The lowest BCUT2D eigenvalue weighted by molar-refractivity contribution is -0.141. The van der Waals surface area contributed by atoms with Crippen molar-refractivity contribution in [2.75, 3.05) is 0 Å². The summed E-state index contributed by atoms with van der Waals surface area (Å²) in [4.78, 5) is 3.15. The topological polar surface area (TPSA) is 33.1 Å². The zero-order valence-corrected chi connectivity index (χ0v) is 10.8. The Bertz CT molecular complexity index is 678. The molecule has 1 heterocycles. The molecule has 0 radical (unpaired) electrons. The largest absolute Gasteiger partial charge is 0.433 e. The molecule has 8 heteroatoms. The zero-order chi connectivity index (χ0) is 16.5. The maximum absolute atomic E-state index is 13.1. The first-order valence-electron chi connectivity index (χ1n) is 5.98. The van der Waals surface area contributed by atoms with Gasteiger partial charge in [-0.25, -0.2) is 0 Å². The van der Waals surface area contributed by atoms with E-state index in [0.29, 0.717) is 6.07 Å². The Morgan fingerprint density at radius 3 is 2.09 bits per heavy atom. The van der Waals surface area contributed by atoms with Crippen LogP contribution in [0.3, 0.4) is 0 Å². The van der Waals surface area contributed by atoms with Crippen molar-refractivity contribution in [3.63, 3.8) is 0 Å². The standard InChI is InChI=1S/C14H9F6NO/c15-13(16,17)10-4-2-1-3-9(10)11-8(7-22)5-6-21-12(11)14(18,19)20/h1-6,22H,7H2. The predicted molar refractivity (Wildman–Crippen MR) is 65.6 cm³/mol. The average Bonchev–Trinajstić information content (AvgIpc) is 2.44. The quantitative estimate of drug-likeness (QED) is 0.838. The fraction of sp³-hybridized carbons (Fsp3) is 0.214. The molecule has 0 fully saturated rings. The fourth-order valence-electron chi connectivity index (χ4n) is 2.10. The van der Waals surface area contributed by atoms with Gasteiger partial charge in [-0.2, -0.15) is 26.3 Å². The highest BCUT2D eigenvalue weighted by molar-refractivity contribution is 5.73. The molecule has 1 aromatic carbocycles. The third-order valence-electron chi connectivity index (χ3n) is 2.98. The van der Waals surface area contributed by atoms with Crippen LogP contribution in [0.25, 0.3) is 11.1 Å². The molecule has 1 aromatic heterocycles. The summed E-state index contributed by atoms with van der Waals surface area (Å²) in [7, 11) is 0. The van der Waals surface area contributed by atoms with Crippen molar-refractivity contribution in [2.24, 2.45) is 0 Å². The van der Waals surface area contributed by atoms with Crippen molar-refractivity contribution < 1.29 is 31.4 Å². The van der Waals surface area contributed by atoms with E-state index in [1.165, 1.54) is 6.07 Å². The van der Waals surface area contributed by atoms with E-state index in [0.717, 1.165) is 24.4 Å². The molecule has 1 N–H and O–H groups in total. The smallest absolute Gasteiger partial charge is 0.392 e. The summed E-state index contributed by atoms with van der Waals surface area (Å²) in [5.74, 6) is 0. The number of rotatable bonds is 2. The number of alkyl halides is 6. The number of halogens is 6. The molecule has 0 atom stereocenters. The van der Waals surface area contributed by atoms with Crippen LogP contribution in [-0.4, -0.2) is 10.1 Å². The van der Waals surface area contributed by atoms with Crippen LogP contribution in [0.15, 0.2) is 36.5 Å². The van der Waals surface area contributed by atoms with Crippen molar-refractivity contribution in [2.45, 2.75) is 19.0 Å². The fourth-order valence-corrected chi connectivity index (χ4v) is 2.10. The lowest BCUT2D eigenvalue weighted by Crippen LogP contribution is -2.14. The maximum Gasteiger partial charge on any atom is 0.433 e.